The van der Waals surface area contributed by atoms with E-state index in [2.05, 4.69) is 25.2 Å². The van der Waals surface area contributed by atoms with E-state index in [1.165, 1.54) is 6.33 Å². The van der Waals surface area contributed by atoms with E-state index in [1.54, 1.807) is 19.5 Å². The van der Waals surface area contributed by atoms with Crippen molar-refractivity contribution >= 4 is 16.7 Å². The standard InChI is InChI=1S/C23H22FN8O/c1-14-8-18(9-24)30-32(14)19-6-4-16(5-7-19)12-31-22-17(11-28-31)10-25-21(29-22)20-15(2)26-13-27-23(20)33-3/h4-8,10-11,13-14H,9,12H2,1-3H3/q+1. The highest BCUT2D eigenvalue weighted by Gasteiger charge is 2.26. The lowest BCUT2D eigenvalue weighted by Gasteiger charge is -2.09. The van der Waals surface area contributed by atoms with Crippen LogP contribution in [0.15, 0.2) is 59.9 Å². The summed E-state index contributed by atoms with van der Waals surface area (Å²) in [5, 5.41) is 9.66. The number of ether oxygens (including phenoxy) is 1. The van der Waals surface area contributed by atoms with Crippen molar-refractivity contribution in [3.63, 3.8) is 0 Å². The predicted molar refractivity (Wildman–Crippen MR) is 119 cm³/mol. The third-order valence-corrected chi connectivity index (χ3v) is 5.52. The van der Waals surface area contributed by atoms with Crippen LogP contribution in [0.25, 0.3) is 22.4 Å². The first-order valence-corrected chi connectivity index (χ1v) is 10.5. The normalized spacial score (nSPS) is 15.6. The molecule has 1 atom stereocenters. The average molecular weight is 445 g/mol. The van der Waals surface area contributed by atoms with Gasteiger partial charge in [0.25, 0.3) is 0 Å². The largest absolute Gasteiger partial charge is 0.480 e. The molecule has 9 nitrogen and oxygen atoms in total. The molecule has 0 bridgehead atoms. The summed E-state index contributed by atoms with van der Waals surface area (Å²) in [6, 6.07) is 8.00. The SMILES string of the molecule is COc1ncnc(C)c1-c1ncc2cnn(Cc3ccc([N+]4=NC(CF)=CC4C)cc3)c2n1. The van der Waals surface area contributed by atoms with E-state index in [-0.39, 0.29) is 6.04 Å². The molecular formula is C23H22FN8O+. The van der Waals surface area contributed by atoms with Crippen LogP contribution in [-0.4, -0.2) is 54.2 Å². The van der Waals surface area contributed by atoms with Crippen LogP contribution >= 0.6 is 0 Å². The Kier molecular flexibility index (Phi) is 5.33. The third-order valence-electron chi connectivity index (χ3n) is 5.52. The summed E-state index contributed by atoms with van der Waals surface area (Å²) in [4.78, 5) is 17.6. The Bertz CT molecular complexity index is 1390. The second-order valence-electron chi connectivity index (χ2n) is 7.76. The molecule has 0 saturated heterocycles. The first kappa shape index (κ1) is 20.8. The van der Waals surface area contributed by atoms with Crippen molar-refractivity contribution < 1.29 is 13.8 Å². The Balaban J connectivity index is 1.44. The first-order chi connectivity index (χ1) is 16.1. The Morgan fingerprint density at radius 3 is 2.67 bits per heavy atom. The lowest BCUT2D eigenvalue weighted by Crippen LogP contribution is -2.10. The minimum atomic E-state index is -0.560. The Labute approximate surface area is 189 Å². The van der Waals surface area contributed by atoms with E-state index in [0.29, 0.717) is 35.2 Å². The number of benzene rings is 1. The van der Waals surface area contributed by atoms with Crippen molar-refractivity contribution in [1.29, 1.82) is 0 Å². The summed E-state index contributed by atoms with van der Waals surface area (Å²) in [6.45, 7) is 3.82. The molecule has 4 aromatic rings. The van der Waals surface area contributed by atoms with Crippen molar-refractivity contribution in [2.75, 3.05) is 13.8 Å². The molecule has 0 fully saturated rings. The zero-order valence-electron chi connectivity index (χ0n) is 18.5. The molecule has 5 rings (SSSR count). The molecule has 0 amide bonds. The Morgan fingerprint density at radius 1 is 1.12 bits per heavy atom. The van der Waals surface area contributed by atoms with E-state index in [0.717, 1.165) is 22.3 Å². The third kappa shape index (κ3) is 3.84. The highest BCUT2D eigenvalue weighted by molar-refractivity contribution is 5.77. The molecule has 1 aromatic carbocycles. The van der Waals surface area contributed by atoms with Crippen molar-refractivity contribution in [2.45, 2.75) is 26.4 Å². The van der Waals surface area contributed by atoms with Gasteiger partial charge < -0.3 is 4.74 Å². The van der Waals surface area contributed by atoms with Gasteiger partial charge in [0.05, 0.1) is 30.9 Å². The molecule has 0 aliphatic carbocycles. The van der Waals surface area contributed by atoms with Gasteiger partial charge >= 0.3 is 0 Å². The zero-order chi connectivity index (χ0) is 22.9. The lowest BCUT2D eigenvalue weighted by atomic mass is 10.2. The summed E-state index contributed by atoms with van der Waals surface area (Å²) in [6.07, 6.45) is 6.76. The van der Waals surface area contributed by atoms with Crippen LogP contribution in [0.2, 0.25) is 0 Å². The van der Waals surface area contributed by atoms with Gasteiger partial charge in [0, 0.05) is 31.3 Å². The number of rotatable bonds is 6. The minimum absolute atomic E-state index is 0.0224. The monoisotopic (exact) mass is 445 g/mol. The summed E-state index contributed by atoms with van der Waals surface area (Å²) >= 11 is 0. The maximum atomic E-state index is 12.9. The van der Waals surface area contributed by atoms with Gasteiger partial charge in [0.2, 0.25) is 17.6 Å². The van der Waals surface area contributed by atoms with Crippen LogP contribution < -0.4 is 4.74 Å². The second-order valence-corrected chi connectivity index (χ2v) is 7.76. The van der Waals surface area contributed by atoms with Crippen molar-refractivity contribution in [1.82, 2.24) is 29.7 Å². The summed E-state index contributed by atoms with van der Waals surface area (Å²) in [5.74, 6) is 0.908. The van der Waals surface area contributed by atoms with Crippen LogP contribution in [0.4, 0.5) is 10.1 Å². The lowest BCUT2D eigenvalue weighted by molar-refractivity contribution is -0.527. The molecule has 0 spiro atoms. The van der Waals surface area contributed by atoms with Crippen LogP contribution in [0.5, 0.6) is 5.88 Å². The van der Waals surface area contributed by atoms with Crippen molar-refractivity contribution in [3.8, 4) is 17.3 Å². The zero-order valence-corrected chi connectivity index (χ0v) is 18.5. The fourth-order valence-corrected chi connectivity index (χ4v) is 3.87. The number of alkyl halides is 1. The molecule has 1 aliphatic rings. The fourth-order valence-electron chi connectivity index (χ4n) is 3.87. The van der Waals surface area contributed by atoms with Crippen LogP contribution in [-0.2, 0) is 6.54 Å². The van der Waals surface area contributed by atoms with E-state index < -0.39 is 6.67 Å². The van der Waals surface area contributed by atoms with Gasteiger partial charge in [-0.15, -0.1) is 0 Å². The number of hydrogen-bond donors (Lipinski definition) is 0. The number of allylic oxidation sites excluding steroid dienone is 1. The average Bonchev–Trinajstić information content (AvgIpc) is 3.42. The minimum Gasteiger partial charge on any atom is -0.480 e. The number of azo groups is 2. The molecular weight excluding hydrogens is 423 g/mol. The smallest absolute Gasteiger partial charge is 0.232 e. The number of hydrogen-bond acceptors (Lipinski definition) is 7. The number of nitrogens with zero attached hydrogens (tertiary/aromatic N) is 8. The van der Waals surface area contributed by atoms with Gasteiger partial charge in [-0.05, 0) is 17.6 Å². The quantitative estimate of drug-likeness (QED) is 0.417. The first-order valence-electron chi connectivity index (χ1n) is 10.5. The van der Waals surface area contributed by atoms with Gasteiger partial charge in [-0.2, -0.15) is 5.10 Å². The number of fused-ring (bicyclic) bond motifs is 1. The van der Waals surface area contributed by atoms with Crippen LogP contribution in [0.3, 0.4) is 0 Å². The van der Waals surface area contributed by atoms with Crippen LogP contribution in [0.1, 0.15) is 18.2 Å². The molecule has 4 heterocycles. The summed E-state index contributed by atoms with van der Waals surface area (Å²) in [7, 11) is 1.56. The number of halogens is 1. The van der Waals surface area contributed by atoms with Gasteiger partial charge in [-0.3, -0.25) is 0 Å². The second kappa shape index (κ2) is 8.45. The van der Waals surface area contributed by atoms with E-state index in [1.807, 2.05) is 53.6 Å². The predicted octanol–water partition coefficient (Wildman–Crippen LogP) is 4.00. The number of methoxy groups -OCH3 is 1. The molecule has 0 saturated carbocycles. The van der Waals surface area contributed by atoms with Crippen molar-refractivity contribution in [2.24, 2.45) is 5.11 Å². The molecule has 3 aromatic heterocycles. The molecule has 1 aliphatic heterocycles. The van der Waals surface area contributed by atoms with E-state index >= 15 is 0 Å². The molecule has 1 unspecified atom stereocenters. The molecule has 0 N–H and O–H groups in total. The van der Waals surface area contributed by atoms with Crippen molar-refractivity contribution in [3.05, 3.63) is 66.0 Å². The van der Waals surface area contributed by atoms with E-state index in [4.69, 9.17) is 9.72 Å². The van der Waals surface area contributed by atoms with E-state index in [9.17, 15) is 4.39 Å². The fraction of sp³-hybridized carbons (Fsp3) is 0.261. The molecule has 10 heteroatoms. The number of aromatic nitrogens is 6. The molecule has 33 heavy (non-hydrogen) atoms. The summed E-state index contributed by atoms with van der Waals surface area (Å²) < 4.78 is 22.0. The maximum absolute atomic E-state index is 12.9. The van der Waals surface area contributed by atoms with Gasteiger partial charge in [-0.25, -0.2) is 29.0 Å². The number of aryl methyl sites for hydroxylation is 1. The highest BCUT2D eigenvalue weighted by Crippen LogP contribution is 2.28. The van der Waals surface area contributed by atoms with Gasteiger partial charge in [-0.1, -0.05) is 16.8 Å². The summed E-state index contributed by atoms with van der Waals surface area (Å²) in [5.41, 5.74) is 4.51. The Hall–Kier alpha value is -4.08. The topological polar surface area (TPSA) is 94.0 Å². The van der Waals surface area contributed by atoms with Gasteiger partial charge in [0.15, 0.2) is 11.5 Å². The highest BCUT2D eigenvalue weighted by atomic mass is 19.1. The Morgan fingerprint density at radius 2 is 1.94 bits per heavy atom. The van der Waals surface area contributed by atoms with Crippen LogP contribution in [0, 0.1) is 6.92 Å². The molecule has 166 valence electrons. The molecule has 0 radical (unpaired) electrons. The maximum Gasteiger partial charge on any atom is 0.232 e. The van der Waals surface area contributed by atoms with Gasteiger partial charge in [0.1, 0.15) is 24.3 Å².